The summed E-state index contributed by atoms with van der Waals surface area (Å²) in [6, 6.07) is 186. The number of hydrogen-bond acceptors (Lipinski definition) is 8. The van der Waals surface area contributed by atoms with Crippen molar-refractivity contribution in [3.8, 4) is 33.4 Å². The van der Waals surface area contributed by atoms with Crippen LogP contribution in [0.4, 0.5) is 114 Å². The van der Waals surface area contributed by atoms with Crippen LogP contribution in [-0.2, 0) is 0 Å². The van der Waals surface area contributed by atoms with Gasteiger partial charge < -0.3 is 39.2 Å². The van der Waals surface area contributed by atoms with Gasteiger partial charge in [-0.05, 0) is 248 Å². The normalized spacial score (nSPS) is 13.3. The SMILES string of the molecule is CN1c2cc3ccccc3c3c2B(c2ccccc2N3C)c2ccc3ccccc3c21.CN1c2ccccc2B2c3ccc4ccccc4c3N(C)c3c2c1cc1ccccc31.c1ccc(-c2cc3c4c(c2)N(c2ccccc2)c2ccccc2B4c2ccccc2N3c2ccccc2)cc1.c1ccc(-c2cccc(-c3cc4c5c(c3)N(c3ccccc3)c3ccccc3B5c3ccccc3N4c3ccccc3)c2)cc1. The molecule has 8 heterocycles. The smallest absolute Gasteiger partial charge is 0.252 e. The molecule has 0 unspecified atom stereocenters. The Kier molecular flexibility index (Phi) is 20.5. The summed E-state index contributed by atoms with van der Waals surface area (Å²) in [6.45, 7) is 0.731. The molecular formula is C134H96B4N8. The fraction of sp³-hybridized carbons (Fsp3) is 0.0299. The molecule has 23 aromatic carbocycles. The van der Waals surface area contributed by atoms with Crippen molar-refractivity contribution in [1.82, 2.24) is 0 Å². The van der Waals surface area contributed by atoms with Crippen LogP contribution in [0.3, 0.4) is 0 Å². The van der Waals surface area contributed by atoms with Gasteiger partial charge in [0.25, 0.3) is 26.9 Å². The molecule has 31 rings (SSSR count). The highest BCUT2D eigenvalue weighted by atomic mass is 15.2. The van der Waals surface area contributed by atoms with E-state index in [0.717, 1.165) is 11.4 Å². The Morgan fingerprint density at radius 3 is 0.760 bits per heavy atom. The molecule has 8 aliphatic heterocycles. The zero-order chi connectivity index (χ0) is 96.9. The first-order valence-corrected chi connectivity index (χ1v) is 50.8. The van der Waals surface area contributed by atoms with E-state index in [9.17, 15) is 0 Å². The van der Waals surface area contributed by atoms with Crippen molar-refractivity contribution >= 4 is 249 Å². The van der Waals surface area contributed by atoms with Crippen molar-refractivity contribution in [3.05, 3.63) is 510 Å². The van der Waals surface area contributed by atoms with Crippen LogP contribution in [0, 0.1) is 0 Å². The minimum Gasteiger partial charge on any atom is -0.345 e. The molecule has 0 radical (unpaired) electrons. The van der Waals surface area contributed by atoms with Gasteiger partial charge in [0.1, 0.15) is 0 Å². The van der Waals surface area contributed by atoms with Crippen LogP contribution in [0.1, 0.15) is 0 Å². The highest BCUT2D eigenvalue weighted by Gasteiger charge is 2.49. The quantitative estimate of drug-likeness (QED) is 0.146. The third kappa shape index (κ3) is 13.6. The van der Waals surface area contributed by atoms with E-state index >= 15 is 0 Å². The predicted octanol–water partition coefficient (Wildman–Crippen LogP) is 25.9. The number of anilines is 20. The maximum Gasteiger partial charge on any atom is 0.252 e. The lowest BCUT2D eigenvalue weighted by Crippen LogP contribution is -2.61. The van der Waals surface area contributed by atoms with E-state index < -0.39 is 0 Å². The van der Waals surface area contributed by atoms with E-state index in [0.29, 0.717) is 0 Å². The molecule has 12 heteroatoms. The first-order chi connectivity index (χ1) is 72.2. The number of hydrogen-bond donors (Lipinski definition) is 0. The zero-order valence-corrected chi connectivity index (χ0v) is 81.4. The summed E-state index contributed by atoms with van der Waals surface area (Å²) in [6.07, 6.45) is 0. The van der Waals surface area contributed by atoms with E-state index in [4.69, 9.17) is 0 Å². The molecule has 0 spiro atoms. The van der Waals surface area contributed by atoms with Crippen LogP contribution in [0.2, 0.25) is 0 Å². The summed E-state index contributed by atoms with van der Waals surface area (Å²) < 4.78 is 0. The highest BCUT2D eigenvalue weighted by molar-refractivity contribution is 7.03. The van der Waals surface area contributed by atoms with Crippen molar-refractivity contribution in [2.45, 2.75) is 0 Å². The van der Waals surface area contributed by atoms with Gasteiger partial charge in [-0.15, -0.1) is 0 Å². The molecule has 0 amide bonds. The predicted molar refractivity (Wildman–Crippen MR) is 627 cm³/mol. The Morgan fingerprint density at radius 1 is 0.137 bits per heavy atom. The number of nitrogens with zero attached hydrogens (tertiary/aromatic N) is 8. The first kappa shape index (κ1) is 85.7. The molecule has 0 saturated heterocycles. The van der Waals surface area contributed by atoms with Gasteiger partial charge in [0.15, 0.2) is 0 Å². The minimum absolute atomic E-state index is 0.118. The Morgan fingerprint density at radius 2 is 0.384 bits per heavy atom. The molecule has 684 valence electrons. The minimum atomic E-state index is 0.118. The number of rotatable bonds is 7. The number of para-hydroxylation sites is 10. The lowest BCUT2D eigenvalue weighted by Gasteiger charge is -2.44. The second-order valence-corrected chi connectivity index (χ2v) is 39.4. The molecule has 0 N–H and O–H groups in total. The van der Waals surface area contributed by atoms with Crippen molar-refractivity contribution in [2.24, 2.45) is 0 Å². The third-order valence-electron chi connectivity index (χ3n) is 31.7. The average molecular weight is 1860 g/mol. The van der Waals surface area contributed by atoms with Crippen molar-refractivity contribution in [3.63, 3.8) is 0 Å². The average Bonchev–Trinajstić information content (AvgIpc) is 0.712. The van der Waals surface area contributed by atoms with Gasteiger partial charge in [-0.25, -0.2) is 0 Å². The molecule has 0 fully saturated rings. The fourth-order valence-corrected chi connectivity index (χ4v) is 25.5. The van der Waals surface area contributed by atoms with Gasteiger partial charge in [-0.3, -0.25) is 0 Å². The summed E-state index contributed by atoms with van der Waals surface area (Å²) in [5.41, 5.74) is 48.7. The lowest BCUT2D eigenvalue weighted by molar-refractivity contribution is 1.20. The molecule has 8 nitrogen and oxygen atoms in total. The highest BCUT2D eigenvalue weighted by Crippen LogP contribution is 2.52. The Labute approximate surface area is 853 Å². The van der Waals surface area contributed by atoms with Gasteiger partial charge in [0.2, 0.25) is 0 Å². The van der Waals surface area contributed by atoms with E-state index in [1.807, 2.05) is 0 Å². The molecule has 0 aromatic heterocycles. The largest absolute Gasteiger partial charge is 0.345 e. The van der Waals surface area contributed by atoms with Gasteiger partial charge in [0, 0.05) is 163 Å². The molecule has 0 aliphatic carbocycles. The summed E-state index contributed by atoms with van der Waals surface area (Å²) >= 11 is 0. The van der Waals surface area contributed by atoms with Gasteiger partial charge in [-0.1, -0.05) is 382 Å². The summed E-state index contributed by atoms with van der Waals surface area (Å²) in [5.74, 6) is 0. The van der Waals surface area contributed by atoms with Gasteiger partial charge in [0.05, 0.1) is 0 Å². The Bertz CT molecular complexity index is 8920. The lowest BCUT2D eigenvalue weighted by atomic mass is 9.33. The fourth-order valence-electron chi connectivity index (χ4n) is 25.5. The number of fused-ring (bicyclic) bond motifs is 24. The maximum absolute atomic E-state index is 2.46. The molecule has 146 heavy (non-hydrogen) atoms. The molecule has 0 bridgehead atoms. The molecular weight excluding hydrogens is 1760 g/mol. The monoisotopic (exact) mass is 1860 g/mol. The molecule has 0 saturated carbocycles. The first-order valence-electron chi connectivity index (χ1n) is 50.8. The van der Waals surface area contributed by atoms with Crippen molar-refractivity contribution in [2.75, 3.05) is 67.4 Å². The van der Waals surface area contributed by atoms with Gasteiger partial charge >= 0.3 is 0 Å². The maximum atomic E-state index is 2.46. The second kappa shape index (κ2) is 34.9. The summed E-state index contributed by atoms with van der Waals surface area (Å²) in [5, 5.41) is 10.4. The number of benzene rings is 23. The van der Waals surface area contributed by atoms with Crippen molar-refractivity contribution < 1.29 is 0 Å². The summed E-state index contributed by atoms with van der Waals surface area (Å²) in [7, 11) is 8.89. The van der Waals surface area contributed by atoms with Crippen LogP contribution in [0.25, 0.3) is 76.5 Å². The van der Waals surface area contributed by atoms with Crippen molar-refractivity contribution in [1.29, 1.82) is 0 Å². The topological polar surface area (TPSA) is 25.9 Å². The van der Waals surface area contributed by atoms with E-state index in [1.165, 1.54) is 244 Å². The molecule has 0 atom stereocenters. The molecule has 23 aromatic rings. The van der Waals surface area contributed by atoms with E-state index in [1.54, 1.807) is 0 Å². The summed E-state index contributed by atoms with van der Waals surface area (Å²) in [4.78, 5) is 19.5. The second-order valence-electron chi connectivity index (χ2n) is 39.4. The Hall–Kier alpha value is -18.2. The Balaban J connectivity index is 0.0000000953. The van der Waals surface area contributed by atoms with Crippen LogP contribution in [0.5, 0.6) is 0 Å². The third-order valence-corrected chi connectivity index (χ3v) is 31.7. The van der Waals surface area contributed by atoms with E-state index in [-0.39, 0.29) is 26.9 Å². The zero-order valence-electron chi connectivity index (χ0n) is 81.4. The standard InChI is InChI=1S/C42H29BN2.C36H25BN2.2C28H21BN2/c1-4-15-30(16-5-1)31-17-14-18-32(27-31)33-28-40-42-41(29-33)45(35-21-8-3-9-22-35)39-26-13-11-24-37(39)43(42)36-23-10-12-25-38(36)44(40)34-19-6-2-7-20-34;1-4-14-26(15-5-1)27-24-34-36-35(25-27)39(29-18-8-3-9-19-29)33-23-13-11-21-31(33)37(36)30-20-10-12-22-32(30)38(34)28-16-6-2-7-17-28;1-30-24-14-8-7-13-22(24)29-23-16-15-18-9-3-5-11-20(18)27(23)31(2)25-17-19-10-4-6-12-21(19)28(30)26(25)29;1-30-24-14-8-7-13-22(24)29-23-16-15-18-9-3-5-11-20(18)27(23)31(2)28-21-12-6-4-10-19(21)17-25(30)26(28)29/h1-29H;1-25H;2*3-17H,1-2H3. The van der Waals surface area contributed by atoms with Crippen LogP contribution < -0.4 is 105 Å². The van der Waals surface area contributed by atoms with E-state index in [2.05, 4.69) is 577 Å². The van der Waals surface area contributed by atoms with Crippen LogP contribution in [-0.4, -0.2) is 55.0 Å². The van der Waals surface area contributed by atoms with Crippen LogP contribution in [0.15, 0.2) is 510 Å². The van der Waals surface area contributed by atoms with Crippen LogP contribution >= 0.6 is 0 Å². The van der Waals surface area contributed by atoms with Gasteiger partial charge in [-0.2, -0.15) is 0 Å². The molecule has 8 aliphatic rings.